The maximum Gasteiger partial charge on any atom is 0.352 e. The molecule has 0 fully saturated rings. The van der Waals surface area contributed by atoms with Gasteiger partial charge in [-0.25, -0.2) is 4.79 Å². The van der Waals surface area contributed by atoms with Crippen molar-refractivity contribution >= 4 is 18.0 Å². The van der Waals surface area contributed by atoms with Crippen LogP contribution in [0.1, 0.15) is 42.3 Å². The molecule has 2 aromatic rings. The summed E-state index contributed by atoms with van der Waals surface area (Å²) >= 11 is 0. The van der Waals surface area contributed by atoms with Gasteiger partial charge in [0.25, 0.3) is 5.91 Å². The topological polar surface area (TPSA) is 66.4 Å². The van der Waals surface area contributed by atoms with Crippen molar-refractivity contribution in [1.29, 1.82) is 0 Å². The van der Waals surface area contributed by atoms with Crippen LogP contribution in [0.4, 0.5) is 0 Å². The number of amides is 1. The van der Waals surface area contributed by atoms with E-state index in [0.29, 0.717) is 11.1 Å². The number of hydrogen-bond donors (Lipinski definition) is 2. The Bertz CT molecular complexity index is 754. The Hall–Kier alpha value is -2.88. The Morgan fingerprint density at radius 2 is 1.54 bits per heavy atom. The first-order valence-electron chi connectivity index (χ1n) is 7.69. The second-order valence-electron chi connectivity index (χ2n) is 6.56. The molecule has 0 saturated heterocycles. The fraction of sp³-hybridized carbons (Fsp3) is 0.200. The highest BCUT2D eigenvalue weighted by molar-refractivity contribution is 6.02. The van der Waals surface area contributed by atoms with Crippen LogP contribution in [-0.2, 0) is 10.2 Å². The first-order chi connectivity index (χ1) is 11.3. The lowest BCUT2D eigenvalue weighted by molar-refractivity contribution is -0.132. The van der Waals surface area contributed by atoms with Gasteiger partial charge < -0.3 is 10.4 Å². The third-order valence-electron chi connectivity index (χ3n) is 3.60. The molecule has 24 heavy (non-hydrogen) atoms. The van der Waals surface area contributed by atoms with E-state index in [4.69, 9.17) is 0 Å². The molecule has 0 spiro atoms. The molecule has 1 amide bonds. The number of aliphatic carboxylic acids is 1. The molecule has 0 atom stereocenters. The summed E-state index contributed by atoms with van der Waals surface area (Å²) in [5.41, 5.74) is 2.07. The summed E-state index contributed by atoms with van der Waals surface area (Å²) in [5.74, 6) is -1.63. The first-order valence-corrected chi connectivity index (χ1v) is 7.69. The highest BCUT2D eigenvalue weighted by Gasteiger charge is 2.16. The van der Waals surface area contributed by atoms with Crippen molar-refractivity contribution in [2.45, 2.75) is 26.2 Å². The number of benzene rings is 2. The van der Waals surface area contributed by atoms with E-state index in [1.165, 1.54) is 6.08 Å². The van der Waals surface area contributed by atoms with Gasteiger partial charge in [0.15, 0.2) is 0 Å². The lowest BCUT2D eigenvalue weighted by Gasteiger charge is -2.19. The summed E-state index contributed by atoms with van der Waals surface area (Å²) in [5, 5.41) is 11.8. The minimum Gasteiger partial charge on any atom is -0.477 e. The zero-order valence-corrected chi connectivity index (χ0v) is 14.0. The quantitative estimate of drug-likeness (QED) is 0.840. The molecule has 0 unspecified atom stereocenters. The van der Waals surface area contributed by atoms with Gasteiger partial charge in [-0.1, -0.05) is 63.2 Å². The Morgan fingerprint density at radius 3 is 2.04 bits per heavy atom. The van der Waals surface area contributed by atoms with Crippen molar-refractivity contribution in [3.8, 4) is 0 Å². The summed E-state index contributed by atoms with van der Waals surface area (Å²) in [6.45, 7) is 6.27. The van der Waals surface area contributed by atoms with Crippen molar-refractivity contribution in [2.24, 2.45) is 0 Å². The van der Waals surface area contributed by atoms with E-state index in [1.807, 2.05) is 18.2 Å². The Labute approximate surface area is 141 Å². The summed E-state index contributed by atoms with van der Waals surface area (Å²) in [7, 11) is 0. The molecule has 2 aromatic carbocycles. The molecular formula is C20H21NO3. The molecule has 0 aliphatic carbocycles. The van der Waals surface area contributed by atoms with Crippen molar-refractivity contribution in [1.82, 2.24) is 5.32 Å². The van der Waals surface area contributed by atoms with Crippen molar-refractivity contribution in [3.05, 3.63) is 77.0 Å². The molecule has 0 radical (unpaired) electrons. The summed E-state index contributed by atoms with van der Waals surface area (Å²) in [6, 6.07) is 16.2. The van der Waals surface area contributed by atoms with Gasteiger partial charge in [-0.2, -0.15) is 0 Å². The van der Waals surface area contributed by atoms with Gasteiger partial charge in [0.05, 0.1) is 0 Å². The predicted octanol–water partition coefficient (Wildman–Crippen LogP) is 3.84. The molecule has 4 nitrogen and oxygen atoms in total. The second-order valence-corrected chi connectivity index (χ2v) is 6.56. The van der Waals surface area contributed by atoms with E-state index >= 15 is 0 Å². The van der Waals surface area contributed by atoms with Crippen LogP contribution in [0.3, 0.4) is 0 Å². The van der Waals surface area contributed by atoms with Crippen LogP contribution in [0.15, 0.2) is 60.3 Å². The third-order valence-corrected chi connectivity index (χ3v) is 3.60. The maximum atomic E-state index is 12.3. The number of carbonyl (C=O) groups is 2. The number of rotatable bonds is 4. The molecule has 124 valence electrons. The number of hydrogen-bond acceptors (Lipinski definition) is 2. The lowest BCUT2D eigenvalue weighted by Crippen LogP contribution is -2.27. The van der Waals surface area contributed by atoms with Crippen molar-refractivity contribution in [2.75, 3.05) is 0 Å². The fourth-order valence-electron chi connectivity index (χ4n) is 2.18. The van der Waals surface area contributed by atoms with Gasteiger partial charge in [-0.05, 0) is 34.8 Å². The van der Waals surface area contributed by atoms with Crippen LogP contribution in [0, 0.1) is 0 Å². The average molecular weight is 323 g/mol. The molecule has 2 N–H and O–H groups in total. The predicted molar refractivity (Wildman–Crippen MR) is 94.7 cm³/mol. The molecule has 0 aromatic heterocycles. The highest BCUT2D eigenvalue weighted by atomic mass is 16.4. The second kappa shape index (κ2) is 7.13. The van der Waals surface area contributed by atoms with Gasteiger partial charge in [0.1, 0.15) is 5.70 Å². The van der Waals surface area contributed by atoms with Crippen LogP contribution in [-0.4, -0.2) is 17.0 Å². The molecule has 0 bridgehead atoms. The standard InChI is InChI=1S/C20H21NO3/c1-20(2,3)16-11-9-15(10-12-16)18(22)21-17(19(23)24)13-14-7-5-4-6-8-14/h4-13H,1-3H3,(H,21,22)(H,23,24)/b17-13+. The number of carboxylic acid groups (broad SMARTS) is 1. The number of carboxylic acids is 1. The third kappa shape index (κ3) is 4.56. The van der Waals surface area contributed by atoms with Crippen LogP contribution < -0.4 is 5.32 Å². The summed E-state index contributed by atoms with van der Waals surface area (Å²) in [4.78, 5) is 23.7. The first kappa shape index (κ1) is 17.5. The monoisotopic (exact) mass is 323 g/mol. The molecule has 0 saturated carbocycles. The molecular weight excluding hydrogens is 302 g/mol. The van der Waals surface area contributed by atoms with Gasteiger partial charge in [0.2, 0.25) is 0 Å². The summed E-state index contributed by atoms with van der Waals surface area (Å²) < 4.78 is 0. The molecule has 2 rings (SSSR count). The highest BCUT2D eigenvalue weighted by Crippen LogP contribution is 2.22. The van der Waals surface area contributed by atoms with Gasteiger partial charge in [-0.3, -0.25) is 4.79 Å². The van der Waals surface area contributed by atoms with E-state index in [-0.39, 0.29) is 11.1 Å². The molecule has 4 heteroatoms. The van der Waals surface area contributed by atoms with E-state index in [9.17, 15) is 14.7 Å². The summed E-state index contributed by atoms with van der Waals surface area (Å²) in [6.07, 6.45) is 1.43. The zero-order valence-electron chi connectivity index (χ0n) is 14.0. The smallest absolute Gasteiger partial charge is 0.352 e. The Kier molecular flexibility index (Phi) is 5.19. The SMILES string of the molecule is CC(C)(C)c1ccc(C(=O)N/C(=C/c2ccccc2)C(=O)O)cc1. The Morgan fingerprint density at radius 1 is 0.958 bits per heavy atom. The molecule has 0 aliphatic heterocycles. The normalized spacial score (nSPS) is 11.9. The van der Waals surface area contributed by atoms with E-state index < -0.39 is 11.9 Å². The average Bonchev–Trinajstić information content (AvgIpc) is 2.54. The lowest BCUT2D eigenvalue weighted by atomic mass is 9.87. The van der Waals surface area contributed by atoms with Crippen LogP contribution >= 0.6 is 0 Å². The van der Waals surface area contributed by atoms with Crippen molar-refractivity contribution < 1.29 is 14.7 Å². The van der Waals surface area contributed by atoms with Crippen LogP contribution in [0.25, 0.3) is 6.08 Å². The van der Waals surface area contributed by atoms with Gasteiger partial charge in [0, 0.05) is 5.56 Å². The molecule has 0 heterocycles. The van der Waals surface area contributed by atoms with Crippen LogP contribution in [0.5, 0.6) is 0 Å². The van der Waals surface area contributed by atoms with Gasteiger partial charge in [-0.15, -0.1) is 0 Å². The van der Waals surface area contributed by atoms with E-state index in [1.54, 1.807) is 36.4 Å². The minimum atomic E-state index is -1.18. The fourth-order valence-corrected chi connectivity index (χ4v) is 2.18. The number of nitrogens with one attached hydrogen (secondary N) is 1. The largest absolute Gasteiger partial charge is 0.477 e. The van der Waals surface area contributed by atoms with E-state index in [2.05, 4.69) is 26.1 Å². The maximum absolute atomic E-state index is 12.3. The Balaban J connectivity index is 2.20. The number of carbonyl (C=O) groups excluding carboxylic acids is 1. The van der Waals surface area contributed by atoms with Crippen molar-refractivity contribution in [3.63, 3.8) is 0 Å². The molecule has 0 aliphatic rings. The van der Waals surface area contributed by atoms with Gasteiger partial charge >= 0.3 is 5.97 Å². The zero-order chi connectivity index (χ0) is 17.7. The van der Waals surface area contributed by atoms with E-state index in [0.717, 1.165) is 5.56 Å². The minimum absolute atomic E-state index is 0.00551. The van der Waals surface area contributed by atoms with Crippen LogP contribution in [0.2, 0.25) is 0 Å².